The second kappa shape index (κ2) is 11.2. The van der Waals surface area contributed by atoms with Crippen LogP contribution >= 0.6 is 45.6 Å². The first kappa shape index (κ1) is 27.2. The summed E-state index contributed by atoms with van der Waals surface area (Å²) in [4.78, 5) is 27.8. The van der Waals surface area contributed by atoms with Crippen LogP contribution in [0.25, 0.3) is 0 Å². The predicted octanol–water partition coefficient (Wildman–Crippen LogP) is 4.11. The van der Waals surface area contributed by atoms with Crippen LogP contribution in [0.3, 0.4) is 0 Å². The summed E-state index contributed by atoms with van der Waals surface area (Å²) in [5.41, 5.74) is 6.45. The van der Waals surface area contributed by atoms with Gasteiger partial charge in [0.05, 0.1) is 23.8 Å². The van der Waals surface area contributed by atoms with Crippen molar-refractivity contribution in [2.75, 3.05) is 0 Å². The van der Waals surface area contributed by atoms with Gasteiger partial charge in [0.1, 0.15) is 16.6 Å². The Morgan fingerprint density at radius 2 is 2.03 bits per heavy atom. The number of hydrogen-bond acceptors (Lipinski definition) is 4. The van der Waals surface area contributed by atoms with Gasteiger partial charge in [0.15, 0.2) is 5.78 Å². The van der Waals surface area contributed by atoms with Gasteiger partial charge in [-0.25, -0.2) is 9.37 Å². The van der Waals surface area contributed by atoms with E-state index in [0.29, 0.717) is 23.5 Å². The summed E-state index contributed by atoms with van der Waals surface area (Å²) in [6.45, 7) is 3.59. The topological polar surface area (TPSA) is 90.0 Å². The minimum absolute atomic E-state index is 0. The number of ketones is 1. The molecule has 1 aliphatic rings. The first-order valence-corrected chi connectivity index (χ1v) is 9.55. The standard InChI is InChI=1S/C21H22ClFN4O2.2BrH/c1-13(24)20(29)25-11-16-12-27(14(2)26-16)21(22)9-5-6-15(10-21)19(28)17-7-3-4-8-18(17)23;;/h3-8,10,12-13H,9,11,24H2,1-2H3,(H,25,29);2*1H/t13-,21?;;/m0../s1. The molecule has 1 unspecified atom stereocenters. The van der Waals surface area contributed by atoms with Gasteiger partial charge in [0, 0.05) is 18.2 Å². The normalized spacial score (nSPS) is 18.3. The average Bonchev–Trinajstić information content (AvgIpc) is 3.07. The molecule has 0 bridgehead atoms. The zero-order valence-electron chi connectivity index (χ0n) is 17.0. The molecule has 0 saturated carbocycles. The molecule has 0 saturated heterocycles. The van der Waals surface area contributed by atoms with Gasteiger partial charge in [-0.3, -0.25) is 9.59 Å². The highest BCUT2D eigenvalue weighted by Crippen LogP contribution is 2.35. The molecule has 10 heteroatoms. The SMILES string of the molecule is Br.Br.Cc1nc(CNC(=O)[C@H](C)N)cn1C1(Cl)C=C(C(=O)c2ccccc2F)C=CC1. The van der Waals surface area contributed by atoms with Crippen LogP contribution in [0.4, 0.5) is 4.39 Å². The van der Waals surface area contributed by atoms with E-state index in [9.17, 15) is 14.0 Å². The number of halogens is 4. The number of aromatic nitrogens is 2. The smallest absolute Gasteiger partial charge is 0.236 e. The molecule has 1 heterocycles. The van der Waals surface area contributed by atoms with E-state index >= 15 is 0 Å². The lowest BCUT2D eigenvalue weighted by molar-refractivity contribution is -0.122. The number of alkyl halides is 1. The van der Waals surface area contributed by atoms with E-state index in [-0.39, 0.29) is 52.0 Å². The van der Waals surface area contributed by atoms with Crippen molar-refractivity contribution in [3.8, 4) is 0 Å². The quantitative estimate of drug-likeness (QED) is 0.399. The first-order chi connectivity index (χ1) is 13.7. The lowest BCUT2D eigenvalue weighted by Gasteiger charge is -2.28. The van der Waals surface area contributed by atoms with Crippen LogP contribution in [0.1, 0.15) is 35.2 Å². The van der Waals surface area contributed by atoms with E-state index in [1.54, 1.807) is 48.9 Å². The maximum absolute atomic E-state index is 14.0. The lowest BCUT2D eigenvalue weighted by Crippen LogP contribution is -2.37. The number of amides is 1. The van der Waals surface area contributed by atoms with Crippen molar-refractivity contribution < 1.29 is 14.0 Å². The summed E-state index contributed by atoms with van der Waals surface area (Å²) in [5, 5.41) is 2.70. The van der Waals surface area contributed by atoms with Crippen LogP contribution in [0, 0.1) is 12.7 Å². The summed E-state index contributed by atoms with van der Waals surface area (Å²) in [7, 11) is 0. The second-order valence-corrected chi connectivity index (χ2v) is 7.64. The Balaban J connectivity index is 0.00000240. The number of nitrogens with two attached hydrogens (primary N) is 1. The third kappa shape index (κ3) is 6.12. The number of rotatable bonds is 6. The Labute approximate surface area is 206 Å². The summed E-state index contributed by atoms with van der Waals surface area (Å²) in [5.74, 6) is -0.680. The fourth-order valence-electron chi connectivity index (χ4n) is 3.14. The lowest BCUT2D eigenvalue weighted by atomic mass is 9.95. The van der Waals surface area contributed by atoms with Crippen molar-refractivity contribution in [3.63, 3.8) is 0 Å². The Kier molecular flexibility index (Phi) is 9.81. The highest BCUT2D eigenvalue weighted by Gasteiger charge is 2.32. The molecule has 2 aromatic rings. The number of nitrogens with one attached hydrogen (secondary N) is 1. The van der Waals surface area contributed by atoms with Gasteiger partial charge in [-0.15, -0.1) is 34.0 Å². The fourth-order valence-corrected chi connectivity index (χ4v) is 3.52. The van der Waals surface area contributed by atoms with E-state index in [1.807, 2.05) is 0 Å². The van der Waals surface area contributed by atoms with Crippen LogP contribution in [0.15, 0.2) is 54.3 Å². The summed E-state index contributed by atoms with van der Waals surface area (Å²) in [6, 6.07) is 5.22. The Morgan fingerprint density at radius 3 is 2.68 bits per heavy atom. The largest absolute Gasteiger partial charge is 0.349 e. The third-order valence-electron chi connectivity index (χ3n) is 4.65. The molecule has 1 aromatic heterocycles. The molecule has 6 nitrogen and oxygen atoms in total. The van der Waals surface area contributed by atoms with Gasteiger partial charge >= 0.3 is 0 Å². The molecular weight excluding hydrogens is 555 g/mol. The van der Waals surface area contributed by atoms with Crippen LogP contribution in [-0.4, -0.2) is 27.3 Å². The summed E-state index contributed by atoms with van der Waals surface area (Å²) >= 11 is 6.84. The van der Waals surface area contributed by atoms with Crippen LogP contribution in [0.5, 0.6) is 0 Å². The fraction of sp³-hybridized carbons (Fsp3) is 0.286. The van der Waals surface area contributed by atoms with Crippen LogP contribution < -0.4 is 11.1 Å². The van der Waals surface area contributed by atoms with Crippen molar-refractivity contribution in [2.45, 2.75) is 37.9 Å². The zero-order chi connectivity index (χ0) is 21.2. The predicted molar refractivity (Wildman–Crippen MR) is 130 cm³/mol. The minimum Gasteiger partial charge on any atom is -0.349 e. The number of benzene rings is 1. The van der Waals surface area contributed by atoms with Crippen molar-refractivity contribution in [1.29, 1.82) is 0 Å². The molecule has 0 fully saturated rings. The highest BCUT2D eigenvalue weighted by atomic mass is 79.9. The number of nitrogens with zero attached hydrogens (tertiary/aromatic N) is 2. The summed E-state index contributed by atoms with van der Waals surface area (Å²) < 4.78 is 15.8. The van der Waals surface area contributed by atoms with Gasteiger partial charge in [-0.05, 0) is 32.1 Å². The molecule has 0 aliphatic heterocycles. The van der Waals surface area contributed by atoms with E-state index in [2.05, 4.69) is 10.3 Å². The van der Waals surface area contributed by atoms with E-state index in [1.165, 1.54) is 18.2 Å². The van der Waals surface area contributed by atoms with Gasteiger partial charge in [-0.2, -0.15) is 0 Å². The number of carbonyl (C=O) groups excluding carboxylic acids is 2. The van der Waals surface area contributed by atoms with Crippen LogP contribution in [0.2, 0.25) is 0 Å². The molecule has 0 spiro atoms. The van der Waals surface area contributed by atoms with Crippen LogP contribution in [-0.2, 0) is 16.3 Å². The zero-order valence-corrected chi connectivity index (χ0v) is 21.2. The van der Waals surface area contributed by atoms with Crippen molar-refractivity contribution in [2.24, 2.45) is 5.73 Å². The molecule has 1 aliphatic carbocycles. The molecule has 2 atom stereocenters. The van der Waals surface area contributed by atoms with Crippen molar-refractivity contribution in [3.05, 3.63) is 77.2 Å². The van der Waals surface area contributed by atoms with Gasteiger partial charge in [0.25, 0.3) is 0 Å². The molecule has 3 N–H and O–H groups in total. The monoisotopic (exact) mass is 576 g/mol. The molecule has 1 amide bonds. The van der Waals surface area contributed by atoms with Crippen molar-refractivity contribution in [1.82, 2.24) is 14.9 Å². The number of imidazole rings is 1. The van der Waals surface area contributed by atoms with Gasteiger partial charge in [0.2, 0.25) is 5.91 Å². The Morgan fingerprint density at radius 1 is 1.35 bits per heavy atom. The third-order valence-corrected chi connectivity index (χ3v) is 5.09. The Hall–Kier alpha value is -1.81. The molecule has 3 rings (SSSR count). The molecule has 31 heavy (non-hydrogen) atoms. The maximum atomic E-state index is 14.0. The number of allylic oxidation sites excluding steroid dienone is 4. The van der Waals surface area contributed by atoms with Crippen molar-refractivity contribution >= 4 is 57.3 Å². The molecule has 168 valence electrons. The number of hydrogen-bond donors (Lipinski definition) is 2. The molecule has 1 aromatic carbocycles. The Bertz CT molecular complexity index is 1020. The molecular formula is C21H24Br2ClFN4O2. The van der Waals surface area contributed by atoms with E-state index in [4.69, 9.17) is 17.3 Å². The minimum atomic E-state index is -1.06. The second-order valence-electron chi connectivity index (χ2n) is 6.99. The summed E-state index contributed by atoms with van der Waals surface area (Å²) in [6.07, 6.45) is 7.18. The highest BCUT2D eigenvalue weighted by molar-refractivity contribution is 8.93. The number of Topliss-reactive ketones (excluding diaryl/α,β-unsaturated/α-hetero) is 1. The van der Waals surface area contributed by atoms with E-state index in [0.717, 1.165) is 0 Å². The number of carbonyl (C=O) groups is 2. The van der Waals surface area contributed by atoms with Gasteiger partial charge < -0.3 is 15.6 Å². The average molecular weight is 579 g/mol. The van der Waals surface area contributed by atoms with E-state index < -0.39 is 22.6 Å². The maximum Gasteiger partial charge on any atom is 0.236 e. The molecule has 0 radical (unpaired) electrons. The number of aryl methyl sites for hydroxylation is 1. The van der Waals surface area contributed by atoms with Gasteiger partial charge in [-0.1, -0.05) is 35.9 Å². The first-order valence-electron chi connectivity index (χ1n) is 9.17.